The van der Waals surface area contributed by atoms with E-state index in [1.165, 1.54) is 10.5 Å². The Morgan fingerprint density at radius 3 is 2.79 bits per heavy atom. The van der Waals surface area contributed by atoms with Gasteiger partial charge in [0.2, 0.25) is 0 Å². The molecule has 0 saturated carbocycles. The number of terminal acetylenes is 1. The molecule has 1 aromatic rings. The molecule has 1 aliphatic carbocycles. The molecule has 0 spiro atoms. The second-order valence-corrected chi connectivity index (χ2v) is 5.31. The van der Waals surface area contributed by atoms with E-state index >= 15 is 0 Å². The van der Waals surface area contributed by atoms with Crippen LogP contribution in [0.15, 0.2) is 24.3 Å². The van der Waals surface area contributed by atoms with E-state index in [1.807, 2.05) is 18.2 Å². The molecule has 0 fully saturated rings. The summed E-state index contributed by atoms with van der Waals surface area (Å²) in [5.41, 5.74) is 1.86. The minimum Gasteiger partial charge on any atom is -0.465 e. The summed E-state index contributed by atoms with van der Waals surface area (Å²) in [7, 11) is 0. The van der Waals surface area contributed by atoms with E-state index in [9.17, 15) is 9.90 Å². The van der Waals surface area contributed by atoms with Crippen LogP contribution in [-0.2, 0) is 12.0 Å². The summed E-state index contributed by atoms with van der Waals surface area (Å²) in [6, 6.07) is 8.09. The van der Waals surface area contributed by atoms with Gasteiger partial charge in [-0.05, 0) is 29.9 Å². The van der Waals surface area contributed by atoms with Crippen LogP contribution in [0, 0.1) is 18.3 Å². The lowest BCUT2D eigenvalue weighted by Gasteiger charge is -2.43. The van der Waals surface area contributed by atoms with E-state index in [-0.39, 0.29) is 12.5 Å². The summed E-state index contributed by atoms with van der Waals surface area (Å²) in [5, 5.41) is 9.53. The Morgan fingerprint density at radius 1 is 1.53 bits per heavy atom. The number of hydrogen-bond donors (Lipinski definition) is 1. The lowest BCUT2D eigenvalue weighted by Crippen LogP contribution is -2.51. The van der Waals surface area contributed by atoms with Crippen LogP contribution in [0.4, 0.5) is 4.79 Å². The average Bonchev–Trinajstić information content (AvgIpc) is 2.76. The number of benzene rings is 1. The summed E-state index contributed by atoms with van der Waals surface area (Å²) in [6.45, 7) is 4.25. The lowest BCUT2D eigenvalue weighted by atomic mass is 9.79. The monoisotopic (exact) mass is 257 g/mol. The summed E-state index contributed by atoms with van der Waals surface area (Å²) in [5.74, 6) is 2.66. The molecule has 1 unspecified atom stereocenters. The molecule has 1 N–H and O–H groups in total. The van der Waals surface area contributed by atoms with Gasteiger partial charge in [-0.15, -0.1) is 6.42 Å². The molecule has 1 aliphatic rings. The largest absolute Gasteiger partial charge is 0.465 e. The van der Waals surface area contributed by atoms with Gasteiger partial charge >= 0.3 is 6.09 Å². The first kappa shape index (κ1) is 13.5. The van der Waals surface area contributed by atoms with Crippen LogP contribution in [0.25, 0.3) is 0 Å². The van der Waals surface area contributed by atoms with Crippen LogP contribution in [0.1, 0.15) is 31.4 Å². The molecule has 3 nitrogen and oxygen atoms in total. The fraction of sp³-hybridized carbons (Fsp3) is 0.438. The molecule has 0 bridgehead atoms. The summed E-state index contributed by atoms with van der Waals surface area (Å²) >= 11 is 0. The Morgan fingerprint density at radius 2 is 2.21 bits per heavy atom. The van der Waals surface area contributed by atoms with Gasteiger partial charge in [0.25, 0.3) is 0 Å². The van der Waals surface area contributed by atoms with Gasteiger partial charge in [0, 0.05) is 0 Å². The first-order valence-corrected chi connectivity index (χ1v) is 6.56. The number of hydrogen-bond acceptors (Lipinski definition) is 1. The average molecular weight is 257 g/mol. The van der Waals surface area contributed by atoms with Crippen molar-refractivity contribution in [1.82, 2.24) is 4.90 Å². The van der Waals surface area contributed by atoms with Crippen LogP contribution in [-0.4, -0.2) is 22.6 Å². The Labute approximate surface area is 114 Å². The summed E-state index contributed by atoms with van der Waals surface area (Å²) in [4.78, 5) is 13.1. The van der Waals surface area contributed by atoms with E-state index in [2.05, 4.69) is 25.8 Å². The van der Waals surface area contributed by atoms with Gasteiger partial charge in [-0.3, -0.25) is 4.90 Å². The maximum Gasteiger partial charge on any atom is 0.408 e. The Kier molecular flexibility index (Phi) is 3.53. The Balaban J connectivity index is 2.58. The highest BCUT2D eigenvalue weighted by atomic mass is 16.4. The highest BCUT2D eigenvalue weighted by Gasteiger charge is 2.47. The molecule has 1 amide bonds. The fourth-order valence-electron chi connectivity index (χ4n) is 3.28. The van der Waals surface area contributed by atoms with Gasteiger partial charge in [-0.2, -0.15) is 0 Å². The third-order valence-electron chi connectivity index (χ3n) is 4.18. The van der Waals surface area contributed by atoms with Crippen LogP contribution < -0.4 is 0 Å². The number of fused-ring (bicyclic) bond motifs is 1. The molecule has 0 saturated heterocycles. The minimum atomic E-state index is -0.941. The smallest absolute Gasteiger partial charge is 0.408 e. The van der Waals surface area contributed by atoms with Crippen molar-refractivity contribution in [2.24, 2.45) is 5.92 Å². The molecule has 0 heterocycles. The molecule has 0 aromatic heterocycles. The molecule has 1 aromatic carbocycles. The molecule has 2 rings (SSSR count). The maximum absolute atomic E-state index is 11.6. The number of amides is 1. The zero-order valence-corrected chi connectivity index (χ0v) is 11.4. The second-order valence-electron chi connectivity index (χ2n) is 5.31. The molecular weight excluding hydrogens is 238 g/mol. The van der Waals surface area contributed by atoms with Crippen molar-refractivity contribution in [3.05, 3.63) is 35.4 Å². The molecule has 1 atom stereocenters. The van der Waals surface area contributed by atoms with Gasteiger partial charge < -0.3 is 5.11 Å². The first-order valence-electron chi connectivity index (χ1n) is 6.56. The number of rotatable bonds is 3. The van der Waals surface area contributed by atoms with Crippen LogP contribution in [0.3, 0.4) is 0 Å². The highest BCUT2D eigenvalue weighted by molar-refractivity contribution is 5.68. The van der Waals surface area contributed by atoms with Crippen molar-refractivity contribution < 1.29 is 9.90 Å². The molecule has 0 radical (unpaired) electrons. The molecule has 0 aliphatic heterocycles. The third kappa shape index (κ3) is 1.98. The number of carboxylic acid groups (broad SMARTS) is 1. The number of aryl methyl sites for hydroxylation is 1. The van der Waals surface area contributed by atoms with Gasteiger partial charge in [0.1, 0.15) is 0 Å². The Bertz CT molecular complexity index is 530. The quantitative estimate of drug-likeness (QED) is 0.845. The number of nitrogens with zero attached hydrogens (tertiary/aromatic N) is 1. The number of carbonyl (C=O) groups is 1. The predicted molar refractivity (Wildman–Crippen MR) is 74.8 cm³/mol. The maximum atomic E-state index is 11.6. The van der Waals surface area contributed by atoms with Gasteiger partial charge in [-0.1, -0.05) is 44.0 Å². The van der Waals surface area contributed by atoms with Crippen LogP contribution in [0.2, 0.25) is 0 Å². The minimum absolute atomic E-state index is 0.127. The molecule has 19 heavy (non-hydrogen) atoms. The first-order chi connectivity index (χ1) is 9.04. The standard InChI is InChI=1S/C16H19NO2/c1-4-11-17(15(18)19)16(12(2)3)10-9-13-7-5-6-8-14(13)16/h1,5-8,12H,9-11H2,2-3H3,(H,18,19). The Hall–Kier alpha value is -1.95. The summed E-state index contributed by atoms with van der Waals surface area (Å²) < 4.78 is 0. The van der Waals surface area contributed by atoms with Crippen molar-refractivity contribution >= 4 is 6.09 Å². The van der Waals surface area contributed by atoms with Crippen molar-refractivity contribution in [1.29, 1.82) is 0 Å². The SMILES string of the molecule is C#CCN(C(=O)O)C1(C(C)C)CCc2ccccc21. The topological polar surface area (TPSA) is 40.5 Å². The van der Waals surface area contributed by atoms with E-state index < -0.39 is 11.6 Å². The normalized spacial score (nSPS) is 20.9. The van der Waals surface area contributed by atoms with E-state index in [4.69, 9.17) is 6.42 Å². The van der Waals surface area contributed by atoms with Crippen molar-refractivity contribution in [2.75, 3.05) is 6.54 Å². The van der Waals surface area contributed by atoms with Gasteiger partial charge in [0.05, 0.1) is 12.1 Å². The van der Waals surface area contributed by atoms with Crippen LogP contribution in [0.5, 0.6) is 0 Å². The second kappa shape index (κ2) is 4.97. The van der Waals surface area contributed by atoms with Crippen molar-refractivity contribution in [2.45, 2.75) is 32.2 Å². The fourth-order valence-corrected chi connectivity index (χ4v) is 3.28. The van der Waals surface area contributed by atoms with E-state index in [0.717, 1.165) is 18.4 Å². The summed E-state index contributed by atoms with van der Waals surface area (Å²) in [6.07, 6.45) is 6.13. The van der Waals surface area contributed by atoms with Gasteiger partial charge in [0.15, 0.2) is 0 Å². The third-order valence-corrected chi connectivity index (χ3v) is 4.18. The lowest BCUT2D eigenvalue weighted by molar-refractivity contribution is 0.0523. The predicted octanol–water partition coefficient (Wildman–Crippen LogP) is 3.10. The zero-order chi connectivity index (χ0) is 14.0. The van der Waals surface area contributed by atoms with Crippen molar-refractivity contribution in [3.63, 3.8) is 0 Å². The van der Waals surface area contributed by atoms with Crippen molar-refractivity contribution in [3.8, 4) is 12.3 Å². The van der Waals surface area contributed by atoms with E-state index in [0.29, 0.717) is 0 Å². The molecule has 100 valence electrons. The van der Waals surface area contributed by atoms with E-state index in [1.54, 1.807) is 0 Å². The molecule has 3 heteroatoms. The molecular formula is C16H19NO2. The highest BCUT2D eigenvalue weighted by Crippen LogP contribution is 2.46. The van der Waals surface area contributed by atoms with Gasteiger partial charge in [-0.25, -0.2) is 4.79 Å². The van der Waals surface area contributed by atoms with Crippen LogP contribution >= 0.6 is 0 Å². The zero-order valence-electron chi connectivity index (χ0n) is 11.4.